The van der Waals surface area contributed by atoms with Gasteiger partial charge in [0.15, 0.2) is 0 Å². The van der Waals surface area contributed by atoms with Crippen LogP contribution in [-0.4, -0.2) is 42.9 Å². The average Bonchev–Trinajstić information content (AvgIpc) is 3.10. The summed E-state index contributed by atoms with van der Waals surface area (Å²) >= 11 is 12.0. The third kappa shape index (κ3) is 4.22. The van der Waals surface area contributed by atoms with E-state index >= 15 is 0 Å². The maximum absolute atomic E-state index is 12.8. The summed E-state index contributed by atoms with van der Waals surface area (Å²) < 4.78 is 0. The van der Waals surface area contributed by atoms with Crippen LogP contribution in [0.2, 0.25) is 10.0 Å². The van der Waals surface area contributed by atoms with Gasteiger partial charge in [0, 0.05) is 41.8 Å². The number of halogens is 3. The van der Waals surface area contributed by atoms with E-state index in [1.165, 1.54) is 0 Å². The second kappa shape index (κ2) is 7.70. The standard InChI is InChI=1S/C17H21Cl2N3O2.ClH/c1-17(9-20)2-3-21(10-17)16(24)11-4-15(23)22(8-11)14-6-12(18)5-13(19)7-14;/h5-7,11H,2-4,8-10,20H2,1H3;1H. The number of nitrogens with two attached hydrogens (primary N) is 1. The molecule has 0 saturated carbocycles. The number of amides is 2. The summed E-state index contributed by atoms with van der Waals surface area (Å²) in [5.41, 5.74) is 6.43. The number of carbonyl (C=O) groups excluding carboxylic acids is 2. The van der Waals surface area contributed by atoms with Crippen LogP contribution in [0.5, 0.6) is 0 Å². The number of hydrogen-bond acceptors (Lipinski definition) is 3. The molecule has 2 aliphatic rings. The zero-order chi connectivity index (χ0) is 17.5. The Balaban J connectivity index is 0.00000225. The third-order valence-electron chi connectivity index (χ3n) is 5.00. The van der Waals surface area contributed by atoms with Crippen molar-refractivity contribution in [2.24, 2.45) is 17.1 Å². The van der Waals surface area contributed by atoms with E-state index in [0.717, 1.165) is 6.42 Å². The van der Waals surface area contributed by atoms with Crippen LogP contribution in [0.3, 0.4) is 0 Å². The Kier molecular flexibility index (Phi) is 6.26. The monoisotopic (exact) mass is 405 g/mol. The minimum absolute atomic E-state index is 0. The molecule has 1 aromatic carbocycles. The summed E-state index contributed by atoms with van der Waals surface area (Å²) in [4.78, 5) is 28.6. The first kappa shape index (κ1) is 20.3. The Hall–Kier alpha value is -1.01. The maximum atomic E-state index is 12.8. The fraction of sp³-hybridized carbons (Fsp3) is 0.529. The van der Waals surface area contributed by atoms with Crippen molar-refractivity contribution in [3.8, 4) is 0 Å². The second-order valence-corrected chi connectivity index (χ2v) is 7.93. The van der Waals surface area contributed by atoms with Crippen LogP contribution in [0.1, 0.15) is 19.8 Å². The summed E-state index contributed by atoms with van der Waals surface area (Å²) in [6.07, 6.45) is 1.13. The molecule has 0 bridgehead atoms. The highest BCUT2D eigenvalue weighted by atomic mass is 35.5. The lowest BCUT2D eigenvalue weighted by Crippen LogP contribution is -2.38. The molecule has 138 valence electrons. The molecule has 0 aromatic heterocycles. The number of rotatable bonds is 3. The molecule has 8 heteroatoms. The first-order chi connectivity index (χ1) is 11.3. The molecule has 2 N–H and O–H groups in total. The van der Waals surface area contributed by atoms with E-state index < -0.39 is 0 Å². The minimum atomic E-state index is -0.324. The van der Waals surface area contributed by atoms with Gasteiger partial charge >= 0.3 is 0 Å². The summed E-state index contributed by atoms with van der Waals surface area (Å²) in [7, 11) is 0. The smallest absolute Gasteiger partial charge is 0.228 e. The van der Waals surface area contributed by atoms with Crippen LogP contribution >= 0.6 is 35.6 Å². The van der Waals surface area contributed by atoms with Crippen LogP contribution in [0.15, 0.2) is 18.2 Å². The van der Waals surface area contributed by atoms with Crippen molar-refractivity contribution < 1.29 is 9.59 Å². The van der Waals surface area contributed by atoms with Gasteiger partial charge in [-0.05, 0) is 36.6 Å². The van der Waals surface area contributed by atoms with Crippen molar-refractivity contribution in [1.29, 1.82) is 0 Å². The topological polar surface area (TPSA) is 66.6 Å². The molecule has 2 amide bonds. The lowest BCUT2D eigenvalue weighted by Gasteiger charge is -2.24. The molecule has 2 unspecified atom stereocenters. The van der Waals surface area contributed by atoms with Crippen LogP contribution in [-0.2, 0) is 9.59 Å². The van der Waals surface area contributed by atoms with Gasteiger partial charge in [0.1, 0.15) is 0 Å². The third-order valence-corrected chi connectivity index (χ3v) is 5.43. The molecule has 0 radical (unpaired) electrons. The minimum Gasteiger partial charge on any atom is -0.342 e. The van der Waals surface area contributed by atoms with Crippen LogP contribution < -0.4 is 10.6 Å². The number of nitrogens with zero attached hydrogens (tertiary/aromatic N) is 2. The van der Waals surface area contributed by atoms with Crippen LogP contribution in [0, 0.1) is 11.3 Å². The van der Waals surface area contributed by atoms with Gasteiger partial charge in [0.05, 0.1) is 5.92 Å². The second-order valence-electron chi connectivity index (χ2n) is 7.06. The Labute approximate surface area is 163 Å². The summed E-state index contributed by atoms with van der Waals surface area (Å²) in [5.74, 6) is -0.362. The molecule has 0 aliphatic carbocycles. The summed E-state index contributed by atoms with van der Waals surface area (Å²) in [5, 5.41) is 0.941. The highest BCUT2D eigenvalue weighted by Crippen LogP contribution is 2.33. The van der Waals surface area contributed by atoms with E-state index in [2.05, 4.69) is 6.92 Å². The lowest BCUT2D eigenvalue weighted by molar-refractivity contribution is -0.135. The number of anilines is 1. The van der Waals surface area contributed by atoms with Gasteiger partial charge in [-0.1, -0.05) is 30.1 Å². The molecule has 2 saturated heterocycles. The Morgan fingerprint density at radius 3 is 2.52 bits per heavy atom. The quantitative estimate of drug-likeness (QED) is 0.839. The number of hydrogen-bond donors (Lipinski definition) is 1. The molecule has 25 heavy (non-hydrogen) atoms. The van der Waals surface area contributed by atoms with E-state index in [1.807, 2.05) is 4.90 Å². The van der Waals surface area contributed by atoms with E-state index in [9.17, 15) is 9.59 Å². The van der Waals surface area contributed by atoms with Crippen LogP contribution in [0.25, 0.3) is 0 Å². The summed E-state index contributed by atoms with van der Waals surface area (Å²) in [6.45, 7) is 4.40. The molecule has 2 atom stereocenters. The zero-order valence-corrected chi connectivity index (χ0v) is 16.3. The normalized spacial score (nSPS) is 26.1. The largest absolute Gasteiger partial charge is 0.342 e. The van der Waals surface area contributed by atoms with Gasteiger partial charge in [-0.15, -0.1) is 12.4 Å². The first-order valence-corrected chi connectivity index (χ1v) is 8.82. The number of benzene rings is 1. The van der Waals surface area contributed by atoms with Crippen molar-refractivity contribution in [2.45, 2.75) is 19.8 Å². The van der Waals surface area contributed by atoms with E-state index in [0.29, 0.717) is 41.9 Å². The lowest BCUT2D eigenvalue weighted by atomic mass is 9.90. The van der Waals surface area contributed by atoms with Crippen molar-refractivity contribution >= 4 is 53.1 Å². The maximum Gasteiger partial charge on any atom is 0.228 e. The highest BCUT2D eigenvalue weighted by molar-refractivity contribution is 6.35. The van der Waals surface area contributed by atoms with Gasteiger partial charge in [0.25, 0.3) is 0 Å². The predicted octanol–water partition coefficient (Wildman–Crippen LogP) is 2.97. The first-order valence-electron chi connectivity index (χ1n) is 8.07. The van der Waals surface area contributed by atoms with Crippen molar-refractivity contribution in [1.82, 2.24) is 4.90 Å². The van der Waals surface area contributed by atoms with Gasteiger partial charge in [-0.25, -0.2) is 0 Å². The van der Waals surface area contributed by atoms with Crippen molar-refractivity contribution in [3.63, 3.8) is 0 Å². The van der Waals surface area contributed by atoms with Crippen LogP contribution in [0.4, 0.5) is 5.69 Å². The molecular weight excluding hydrogens is 385 g/mol. The van der Waals surface area contributed by atoms with Gasteiger partial charge in [-0.3, -0.25) is 9.59 Å². The molecule has 0 spiro atoms. The van der Waals surface area contributed by atoms with Crippen molar-refractivity contribution in [2.75, 3.05) is 31.1 Å². The fourth-order valence-corrected chi connectivity index (χ4v) is 3.97. The van der Waals surface area contributed by atoms with Gasteiger partial charge in [-0.2, -0.15) is 0 Å². The Morgan fingerprint density at radius 2 is 1.96 bits per heavy atom. The Morgan fingerprint density at radius 1 is 1.32 bits per heavy atom. The number of carbonyl (C=O) groups is 2. The van der Waals surface area contributed by atoms with Gasteiger partial charge in [0.2, 0.25) is 11.8 Å². The van der Waals surface area contributed by atoms with Crippen molar-refractivity contribution in [3.05, 3.63) is 28.2 Å². The SMILES string of the molecule is CC1(CN)CCN(C(=O)C2CC(=O)N(c3cc(Cl)cc(Cl)c3)C2)C1.Cl. The Bertz CT molecular complexity index is 665. The molecule has 1 aromatic rings. The molecule has 5 nitrogen and oxygen atoms in total. The number of likely N-dealkylation sites (tertiary alicyclic amines) is 1. The molecule has 3 rings (SSSR count). The van der Waals surface area contributed by atoms with E-state index in [1.54, 1.807) is 23.1 Å². The van der Waals surface area contributed by atoms with E-state index in [4.69, 9.17) is 28.9 Å². The van der Waals surface area contributed by atoms with E-state index in [-0.39, 0.29) is 42.0 Å². The molecular formula is C17H22Cl3N3O2. The molecule has 2 heterocycles. The molecule has 2 fully saturated rings. The average molecular weight is 407 g/mol. The predicted molar refractivity (Wildman–Crippen MR) is 103 cm³/mol. The summed E-state index contributed by atoms with van der Waals surface area (Å²) in [6, 6.07) is 5.01. The fourth-order valence-electron chi connectivity index (χ4n) is 3.45. The molecule has 2 aliphatic heterocycles. The highest BCUT2D eigenvalue weighted by Gasteiger charge is 2.41. The van der Waals surface area contributed by atoms with Gasteiger partial charge < -0.3 is 15.5 Å². The zero-order valence-electron chi connectivity index (χ0n) is 14.0.